The van der Waals surface area contributed by atoms with Crippen LogP contribution in [-0.4, -0.2) is 33.4 Å². The molecule has 108 valence electrons. The quantitative estimate of drug-likeness (QED) is 0.529. The summed E-state index contributed by atoms with van der Waals surface area (Å²) in [5.41, 5.74) is 1.89. The van der Waals surface area contributed by atoms with E-state index in [4.69, 9.17) is 0 Å². The van der Waals surface area contributed by atoms with Crippen molar-refractivity contribution in [3.8, 4) is 0 Å². The highest BCUT2D eigenvalue weighted by Crippen LogP contribution is 2.21. The molecular formula is C13H17N3O3S. The van der Waals surface area contributed by atoms with Crippen molar-refractivity contribution in [2.45, 2.75) is 32.0 Å². The Morgan fingerprint density at radius 3 is 2.85 bits per heavy atom. The Kier molecular flexibility index (Phi) is 4.17. The molecule has 0 amide bonds. The Morgan fingerprint density at radius 1 is 1.55 bits per heavy atom. The van der Waals surface area contributed by atoms with E-state index in [1.165, 1.54) is 18.9 Å². The zero-order chi connectivity index (χ0) is 14.9. The number of esters is 1. The molecule has 2 heterocycles. The normalized spacial score (nSPS) is 11.2. The molecule has 0 saturated heterocycles. The van der Waals surface area contributed by atoms with E-state index in [-0.39, 0.29) is 23.3 Å². The Hall–Kier alpha value is -1.76. The first-order valence-corrected chi connectivity index (χ1v) is 7.24. The van der Waals surface area contributed by atoms with Gasteiger partial charge >= 0.3 is 5.97 Å². The molecule has 0 radical (unpaired) electrons. The Balaban J connectivity index is 2.53. The number of fused-ring (bicyclic) bond motifs is 1. The van der Waals surface area contributed by atoms with Crippen LogP contribution in [0.15, 0.2) is 16.0 Å². The summed E-state index contributed by atoms with van der Waals surface area (Å²) in [6.07, 6.45) is 0. The molecule has 0 saturated carbocycles. The molecule has 2 aromatic rings. The summed E-state index contributed by atoms with van der Waals surface area (Å²) in [6, 6.07) is 1.78. The maximum absolute atomic E-state index is 12.5. The van der Waals surface area contributed by atoms with E-state index in [0.29, 0.717) is 16.2 Å². The SMILES string of the molecule is COC(=O)CSc1nc2cc(C)[nH]c2c(=O)n1C(C)C. The van der Waals surface area contributed by atoms with Gasteiger partial charge in [0, 0.05) is 11.7 Å². The second kappa shape index (κ2) is 5.70. The summed E-state index contributed by atoms with van der Waals surface area (Å²) in [6.45, 7) is 5.70. The first-order valence-electron chi connectivity index (χ1n) is 6.25. The second-order valence-corrected chi connectivity index (χ2v) is 5.68. The highest BCUT2D eigenvalue weighted by molar-refractivity contribution is 7.99. The minimum Gasteiger partial charge on any atom is -0.468 e. The van der Waals surface area contributed by atoms with Gasteiger partial charge in [0.25, 0.3) is 5.56 Å². The van der Waals surface area contributed by atoms with Crippen molar-refractivity contribution >= 4 is 28.8 Å². The van der Waals surface area contributed by atoms with E-state index in [1.54, 1.807) is 4.57 Å². The summed E-state index contributed by atoms with van der Waals surface area (Å²) in [4.78, 5) is 31.2. The largest absolute Gasteiger partial charge is 0.468 e. The minimum atomic E-state index is -0.343. The number of nitrogens with one attached hydrogen (secondary N) is 1. The molecule has 0 aliphatic rings. The predicted molar refractivity (Wildman–Crippen MR) is 78.2 cm³/mol. The third kappa shape index (κ3) is 2.72. The van der Waals surface area contributed by atoms with Gasteiger partial charge in [-0.15, -0.1) is 0 Å². The van der Waals surface area contributed by atoms with E-state index in [1.807, 2.05) is 26.8 Å². The minimum absolute atomic E-state index is 0.0387. The van der Waals surface area contributed by atoms with Crippen LogP contribution in [0.1, 0.15) is 25.6 Å². The number of hydrogen-bond acceptors (Lipinski definition) is 5. The monoisotopic (exact) mass is 295 g/mol. The number of aromatic nitrogens is 3. The van der Waals surface area contributed by atoms with Gasteiger partial charge in [-0.2, -0.15) is 0 Å². The highest BCUT2D eigenvalue weighted by Gasteiger charge is 2.16. The van der Waals surface area contributed by atoms with E-state index >= 15 is 0 Å². The number of aryl methyl sites for hydroxylation is 1. The maximum Gasteiger partial charge on any atom is 0.316 e. The van der Waals surface area contributed by atoms with Crippen LogP contribution in [0, 0.1) is 6.92 Å². The van der Waals surface area contributed by atoms with Crippen molar-refractivity contribution in [3.63, 3.8) is 0 Å². The molecule has 1 N–H and O–H groups in total. The lowest BCUT2D eigenvalue weighted by atomic mass is 10.3. The molecular weight excluding hydrogens is 278 g/mol. The molecule has 0 atom stereocenters. The van der Waals surface area contributed by atoms with E-state index in [2.05, 4.69) is 14.7 Å². The standard InChI is InChI=1S/C13H17N3O3S/c1-7(2)16-12(18)11-9(5-8(3)14-11)15-13(16)20-6-10(17)19-4/h5,7,14H,6H2,1-4H3. The van der Waals surface area contributed by atoms with E-state index in [0.717, 1.165) is 5.69 Å². The zero-order valence-corrected chi connectivity index (χ0v) is 12.7. The van der Waals surface area contributed by atoms with Crippen LogP contribution in [0.3, 0.4) is 0 Å². The third-order valence-electron chi connectivity index (χ3n) is 2.85. The number of thioether (sulfide) groups is 1. The van der Waals surface area contributed by atoms with Crippen LogP contribution in [0.25, 0.3) is 11.0 Å². The molecule has 0 spiro atoms. The smallest absolute Gasteiger partial charge is 0.316 e. The van der Waals surface area contributed by atoms with Gasteiger partial charge in [0.2, 0.25) is 0 Å². The zero-order valence-electron chi connectivity index (χ0n) is 11.9. The lowest BCUT2D eigenvalue weighted by Gasteiger charge is -2.14. The molecule has 2 rings (SSSR count). The van der Waals surface area contributed by atoms with Crippen LogP contribution in [0.4, 0.5) is 0 Å². The van der Waals surface area contributed by atoms with Gasteiger partial charge in [-0.05, 0) is 26.8 Å². The number of H-pyrrole nitrogens is 1. The predicted octanol–water partition coefficient (Wildman–Crippen LogP) is 1.88. The summed E-state index contributed by atoms with van der Waals surface area (Å²) in [7, 11) is 1.34. The van der Waals surface area contributed by atoms with Crippen molar-refractivity contribution in [1.82, 2.24) is 14.5 Å². The van der Waals surface area contributed by atoms with Gasteiger partial charge in [0.15, 0.2) is 5.16 Å². The highest BCUT2D eigenvalue weighted by atomic mass is 32.2. The van der Waals surface area contributed by atoms with Crippen molar-refractivity contribution < 1.29 is 9.53 Å². The number of methoxy groups -OCH3 is 1. The number of hydrogen-bond donors (Lipinski definition) is 1. The molecule has 20 heavy (non-hydrogen) atoms. The maximum atomic E-state index is 12.5. The number of carbonyl (C=O) groups is 1. The Morgan fingerprint density at radius 2 is 2.25 bits per heavy atom. The van der Waals surface area contributed by atoms with Gasteiger partial charge in [-0.3, -0.25) is 14.2 Å². The topological polar surface area (TPSA) is 77.0 Å². The van der Waals surface area contributed by atoms with Gasteiger partial charge in [0.05, 0.1) is 18.4 Å². The summed E-state index contributed by atoms with van der Waals surface area (Å²) in [5.74, 6) is -0.213. The van der Waals surface area contributed by atoms with Crippen LogP contribution >= 0.6 is 11.8 Å². The van der Waals surface area contributed by atoms with Crippen molar-refractivity contribution in [1.29, 1.82) is 0 Å². The molecule has 0 unspecified atom stereocenters. The van der Waals surface area contributed by atoms with Gasteiger partial charge < -0.3 is 9.72 Å². The number of rotatable bonds is 4. The number of aromatic amines is 1. The molecule has 0 aliphatic carbocycles. The number of carbonyl (C=O) groups excluding carboxylic acids is 1. The van der Waals surface area contributed by atoms with E-state index < -0.39 is 0 Å². The lowest BCUT2D eigenvalue weighted by Crippen LogP contribution is -2.25. The number of nitrogens with zero attached hydrogens (tertiary/aromatic N) is 2. The Bertz CT molecular complexity index is 703. The molecule has 0 bridgehead atoms. The van der Waals surface area contributed by atoms with Gasteiger partial charge in [0.1, 0.15) is 5.52 Å². The number of ether oxygens (including phenoxy) is 1. The van der Waals surface area contributed by atoms with Crippen molar-refractivity contribution in [3.05, 3.63) is 22.1 Å². The molecule has 2 aromatic heterocycles. The molecule has 0 fully saturated rings. The van der Waals surface area contributed by atoms with Crippen molar-refractivity contribution in [2.75, 3.05) is 12.9 Å². The van der Waals surface area contributed by atoms with Crippen molar-refractivity contribution in [2.24, 2.45) is 0 Å². The van der Waals surface area contributed by atoms with Gasteiger partial charge in [-0.25, -0.2) is 4.98 Å². The third-order valence-corrected chi connectivity index (χ3v) is 3.78. The molecule has 7 heteroatoms. The fourth-order valence-corrected chi connectivity index (χ4v) is 2.89. The molecule has 6 nitrogen and oxygen atoms in total. The lowest BCUT2D eigenvalue weighted by molar-refractivity contribution is -0.137. The van der Waals surface area contributed by atoms with Gasteiger partial charge in [-0.1, -0.05) is 11.8 Å². The first kappa shape index (κ1) is 14.6. The van der Waals surface area contributed by atoms with Crippen LogP contribution < -0.4 is 5.56 Å². The summed E-state index contributed by atoms with van der Waals surface area (Å²) in [5, 5.41) is 0.530. The molecule has 0 aromatic carbocycles. The molecule has 0 aliphatic heterocycles. The Labute approximate surface area is 120 Å². The van der Waals surface area contributed by atoms with Crippen LogP contribution in [-0.2, 0) is 9.53 Å². The second-order valence-electron chi connectivity index (χ2n) is 4.74. The summed E-state index contributed by atoms with van der Waals surface area (Å²) < 4.78 is 6.20. The fraction of sp³-hybridized carbons (Fsp3) is 0.462. The first-order chi connectivity index (χ1) is 9.43. The average Bonchev–Trinajstić information content (AvgIpc) is 2.76. The van der Waals surface area contributed by atoms with Crippen LogP contribution in [0.5, 0.6) is 0 Å². The fourth-order valence-electron chi connectivity index (χ4n) is 1.93. The average molecular weight is 295 g/mol. The summed E-state index contributed by atoms with van der Waals surface area (Å²) >= 11 is 1.21. The van der Waals surface area contributed by atoms with Crippen LogP contribution in [0.2, 0.25) is 0 Å². The van der Waals surface area contributed by atoms with E-state index in [9.17, 15) is 9.59 Å².